The molecule has 2 aromatic heterocycles. The first-order chi connectivity index (χ1) is 12.7. The summed E-state index contributed by atoms with van der Waals surface area (Å²) in [4.78, 5) is 4.41. The number of aromatic nitrogens is 1. The van der Waals surface area contributed by atoms with Gasteiger partial charge in [-0.05, 0) is 24.1 Å². The molecule has 27 heavy (non-hydrogen) atoms. The van der Waals surface area contributed by atoms with Crippen LogP contribution in [0.25, 0.3) is 10.6 Å². The van der Waals surface area contributed by atoms with Crippen LogP contribution in [-0.4, -0.2) is 13.4 Å². The second-order valence-electron chi connectivity index (χ2n) is 5.63. The predicted molar refractivity (Wildman–Crippen MR) is 100 cm³/mol. The van der Waals surface area contributed by atoms with E-state index in [-0.39, 0.29) is 9.77 Å². The molecule has 3 rings (SSSR count). The Labute approximate surface area is 162 Å². The van der Waals surface area contributed by atoms with Crippen molar-refractivity contribution in [1.29, 1.82) is 0 Å². The molecule has 1 N–H and O–H groups in total. The molecule has 0 aliphatic carbocycles. The fourth-order valence-corrected chi connectivity index (χ4v) is 5.55. The average Bonchev–Trinajstić information content (AvgIpc) is 3.28. The lowest BCUT2D eigenvalue weighted by Gasteiger charge is -2.13. The monoisotopic (exact) mass is 432 g/mol. The number of nitrogens with zero attached hydrogens (tertiary/aromatic N) is 1. The number of aryl methyl sites for hydroxylation is 1. The van der Waals surface area contributed by atoms with E-state index in [9.17, 15) is 21.6 Å². The molecule has 4 nitrogen and oxygen atoms in total. The lowest BCUT2D eigenvalue weighted by molar-refractivity contribution is -0.138. The second kappa shape index (κ2) is 7.70. The van der Waals surface area contributed by atoms with Gasteiger partial charge in [-0.15, -0.1) is 22.7 Å². The Bertz CT molecular complexity index is 1040. The number of halogens is 3. The number of rotatable bonds is 6. The van der Waals surface area contributed by atoms with Gasteiger partial charge in [0.2, 0.25) is 10.0 Å². The molecule has 10 heteroatoms. The smallest absolute Gasteiger partial charge is 0.241 e. The molecule has 0 unspecified atom stereocenters. The summed E-state index contributed by atoms with van der Waals surface area (Å²) >= 11 is 2.43. The molecule has 2 heterocycles. The van der Waals surface area contributed by atoms with Gasteiger partial charge < -0.3 is 0 Å². The van der Waals surface area contributed by atoms with Crippen LogP contribution in [0.1, 0.15) is 23.7 Å². The van der Waals surface area contributed by atoms with Gasteiger partial charge in [-0.2, -0.15) is 13.2 Å². The minimum atomic E-state index is -4.54. The molecule has 3 aromatic rings. The molecular weight excluding hydrogens is 417 g/mol. The number of hydrogen-bond acceptors (Lipinski definition) is 5. The molecular formula is C17H15F3N2O2S3. The summed E-state index contributed by atoms with van der Waals surface area (Å²) in [6, 6.07) is 6.38. The molecule has 0 atom stereocenters. The van der Waals surface area contributed by atoms with E-state index in [0.29, 0.717) is 10.6 Å². The van der Waals surface area contributed by atoms with Crippen molar-refractivity contribution in [2.45, 2.75) is 30.3 Å². The first kappa shape index (κ1) is 20.0. The van der Waals surface area contributed by atoms with E-state index in [2.05, 4.69) is 9.71 Å². The van der Waals surface area contributed by atoms with Crippen LogP contribution >= 0.6 is 22.7 Å². The van der Waals surface area contributed by atoms with Crippen molar-refractivity contribution in [3.63, 3.8) is 0 Å². The molecule has 0 radical (unpaired) electrons. The molecule has 1 aromatic carbocycles. The van der Waals surface area contributed by atoms with Gasteiger partial charge >= 0.3 is 6.18 Å². The van der Waals surface area contributed by atoms with Crippen molar-refractivity contribution in [2.24, 2.45) is 0 Å². The molecule has 0 spiro atoms. The highest BCUT2D eigenvalue weighted by atomic mass is 32.2. The largest absolute Gasteiger partial charge is 0.416 e. The Morgan fingerprint density at radius 2 is 1.89 bits per heavy atom. The molecule has 0 amide bonds. The van der Waals surface area contributed by atoms with Crippen LogP contribution in [0.4, 0.5) is 13.2 Å². The number of thiophene rings is 1. The highest BCUT2D eigenvalue weighted by Gasteiger charge is 2.33. The number of thiazole rings is 1. The molecule has 0 bridgehead atoms. The third kappa shape index (κ3) is 4.57. The lowest BCUT2D eigenvalue weighted by Crippen LogP contribution is -2.24. The normalized spacial score (nSPS) is 12.4. The van der Waals surface area contributed by atoms with Gasteiger partial charge in [-0.25, -0.2) is 18.1 Å². The standard InChI is InChI=1S/C17H15F3N2O2S3/c1-2-13-10-26-16(22-13)12-7-15(25-9-12)27(23,24)21-8-11-5-3-4-6-14(11)17(18,19)20/h3-7,9-10,21H,2,8H2,1H3. The summed E-state index contributed by atoms with van der Waals surface area (Å²) in [6.45, 7) is 1.54. The van der Waals surface area contributed by atoms with Crippen molar-refractivity contribution in [3.05, 3.63) is 57.9 Å². The second-order valence-corrected chi connectivity index (χ2v) is 9.39. The summed E-state index contributed by atoms with van der Waals surface area (Å²) in [5, 5.41) is 4.30. The Hall–Kier alpha value is -1.75. The molecule has 0 saturated heterocycles. The maximum Gasteiger partial charge on any atom is 0.416 e. The lowest BCUT2D eigenvalue weighted by atomic mass is 10.1. The Morgan fingerprint density at radius 3 is 2.56 bits per heavy atom. The zero-order valence-corrected chi connectivity index (χ0v) is 16.5. The first-order valence-electron chi connectivity index (χ1n) is 7.89. The summed E-state index contributed by atoms with van der Waals surface area (Å²) in [7, 11) is -3.93. The van der Waals surface area contributed by atoms with Crippen molar-refractivity contribution >= 4 is 32.7 Å². The maximum atomic E-state index is 13.0. The fourth-order valence-electron chi connectivity index (χ4n) is 2.37. The van der Waals surface area contributed by atoms with Crippen molar-refractivity contribution in [3.8, 4) is 10.6 Å². The van der Waals surface area contributed by atoms with Crippen LogP contribution in [0.3, 0.4) is 0 Å². The number of hydrogen-bond donors (Lipinski definition) is 1. The van der Waals surface area contributed by atoms with Crippen molar-refractivity contribution < 1.29 is 21.6 Å². The zero-order valence-electron chi connectivity index (χ0n) is 14.1. The Morgan fingerprint density at radius 1 is 1.15 bits per heavy atom. The quantitative estimate of drug-likeness (QED) is 0.601. The van der Waals surface area contributed by atoms with Crippen molar-refractivity contribution in [1.82, 2.24) is 9.71 Å². The number of nitrogens with one attached hydrogen (secondary N) is 1. The van der Waals surface area contributed by atoms with E-state index in [1.54, 1.807) is 5.38 Å². The zero-order chi connectivity index (χ0) is 19.7. The van der Waals surface area contributed by atoms with Gasteiger partial charge in [0, 0.05) is 22.9 Å². The predicted octanol–water partition coefficient (Wildman–Crippen LogP) is 4.93. The summed E-state index contributed by atoms with van der Waals surface area (Å²) < 4.78 is 66.3. The van der Waals surface area contributed by atoms with Crippen LogP contribution < -0.4 is 4.72 Å². The van der Waals surface area contributed by atoms with Gasteiger partial charge in [-0.1, -0.05) is 25.1 Å². The fraction of sp³-hybridized carbons (Fsp3) is 0.235. The van der Waals surface area contributed by atoms with Gasteiger partial charge in [0.15, 0.2) is 0 Å². The molecule has 0 saturated carbocycles. The van der Waals surface area contributed by atoms with Gasteiger partial charge in [0.1, 0.15) is 9.22 Å². The van der Waals surface area contributed by atoms with Crippen LogP contribution in [-0.2, 0) is 29.2 Å². The van der Waals surface area contributed by atoms with E-state index < -0.39 is 28.3 Å². The Balaban J connectivity index is 1.79. The van der Waals surface area contributed by atoms with E-state index >= 15 is 0 Å². The van der Waals surface area contributed by atoms with Crippen LogP contribution in [0.2, 0.25) is 0 Å². The third-order valence-electron chi connectivity index (χ3n) is 3.78. The SMILES string of the molecule is CCc1csc(-c2csc(S(=O)(=O)NCc3ccccc3C(F)(F)F)c2)n1. The van der Waals surface area contributed by atoms with Gasteiger partial charge in [-0.3, -0.25) is 0 Å². The van der Waals surface area contributed by atoms with E-state index in [1.165, 1.54) is 35.6 Å². The van der Waals surface area contributed by atoms with Crippen LogP contribution in [0.15, 0.2) is 45.3 Å². The average molecular weight is 433 g/mol. The highest BCUT2D eigenvalue weighted by Crippen LogP contribution is 2.33. The molecule has 144 valence electrons. The first-order valence-corrected chi connectivity index (χ1v) is 11.1. The van der Waals surface area contributed by atoms with Crippen LogP contribution in [0.5, 0.6) is 0 Å². The van der Waals surface area contributed by atoms with E-state index in [4.69, 9.17) is 0 Å². The van der Waals surface area contributed by atoms with E-state index in [0.717, 1.165) is 29.5 Å². The molecule has 0 fully saturated rings. The molecule has 0 aliphatic heterocycles. The summed E-state index contributed by atoms with van der Waals surface area (Å²) in [5.41, 5.74) is 0.626. The number of benzene rings is 1. The van der Waals surface area contributed by atoms with Gasteiger partial charge in [0.05, 0.1) is 11.3 Å². The number of sulfonamides is 1. The highest BCUT2D eigenvalue weighted by molar-refractivity contribution is 7.91. The minimum Gasteiger partial charge on any atom is -0.241 e. The summed E-state index contributed by atoms with van der Waals surface area (Å²) in [6.07, 6.45) is -3.76. The maximum absolute atomic E-state index is 13.0. The van der Waals surface area contributed by atoms with E-state index in [1.807, 2.05) is 12.3 Å². The third-order valence-corrected chi connectivity index (χ3v) is 7.56. The van der Waals surface area contributed by atoms with Crippen molar-refractivity contribution in [2.75, 3.05) is 0 Å². The Kier molecular flexibility index (Phi) is 5.71. The topological polar surface area (TPSA) is 59.1 Å². The number of alkyl halides is 3. The van der Waals surface area contributed by atoms with Gasteiger partial charge in [0.25, 0.3) is 0 Å². The van der Waals surface area contributed by atoms with Crippen LogP contribution in [0, 0.1) is 0 Å². The molecule has 0 aliphatic rings. The summed E-state index contributed by atoms with van der Waals surface area (Å²) in [5.74, 6) is 0. The minimum absolute atomic E-state index is 0.0373.